The Bertz CT molecular complexity index is 667. The van der Waals surface area contributed by atoms with Crippen LogP contribution in [0, 0.1) is 5.92 Å². The Morgan fingerprint density at radius 3 is 2.79 bits per heavy atom. The van der Waals surface area contributed by atoms with Crippen LogP contribution < -0.4 is 0 Å². The number of aromatic nitrogens is 2. The Labute approximate surface area is 142 Å². The molecule has 4 rings (SSSR count). The van der Waals surface area contributed by atoms with Gasteiger partial charge in [-0.2, -0.15) is 0 Å². The van der Waals surface area contributed by atoms with Gasteiger partial charge in [-0.3, -0.25) is 9.78 Å². The number of H-pyrrole nitrogens is 1. The van der Waals surface area contributed by atoms with Gasteiger partial charge in [0.15, 0.2) is 0 Å². The van der Waals surface area contributed by atoms with Gasteiger partial charge in [-0.05, 0) is 61.4 Å². The maximum Gasteiger partial charge on any atom is 0.270 e. The Hall–Kier alpha value is -2.14. The second-order valence-electron chi connectivity index (χ2n) is 6.81. The van der Waals surface area contributed by atoms with E-state index in [4.69, 9.17) is 4.74 Å². The number of hydrogen-bond acceptors (Lipinski definition) is 3. The van der Waals surface area contributed by atoms with E-state index in [9.17, 15) is 4.79 Å². The minimum atomic E-state index is 0.0663. The lowest BCUT2D eigenvalue weighted by molar-refractivity contribution is 0.0199. The molecule has 2 aliphatic rings. The number of nitrogens with zero attached hydrogens (tertiary/aromatic N) is 2. The molecule has 0 radical (unpaired) electrons. The van der Waals surface area contributed by atoms with Crippen LogP contribution in [0.25, 0.3) is 0 Å². The second kappa shape index (κ2) is 6.77. The first kappa shape index (κ1) is 15.4. The van der Waals surface area contributed by atoms with Crippen LogP contribution in [-0.2, 0) is 11.2 Å². The van der Waals surface area contributed by atoms with E-state index >= 15 is 0 Å². The molecule has 0 bridgehead atoms. The summed E-state index contributed by atoms with van der Waals surface area (Å²) in [5, 5.41) is 0. The van der Waals surface area contributed by atoms with Crippen molar-refractivity contribution in [3.63, 3.8) is 0 Å². The molecule has 2 fully saturated rings. The summed E-state index contributed by atoms with van der Waals surface area (Å²) in [6, 6.07) is 7.83. The number of ether oxygens (including phenoxy) is 1. The van der Waals surface area contributed by atoms with Gasteiger partial charge in [0, 0.05) is 31.7 Å². The van der Waals surface area contributed by atoms with E-state index in [1.54, 1.807) is 6.20 Å². The van der Waals surface area contributed by atoms with Gasteiger partial charge >= 0.3 is 0 Å². The SMILES string of the molecule is O=C(c1ccc[nH]1)N1CC[C@@H](OCC2CC2)[C@@H]1Cc1ccncc1. The Morgan fingerprint density at radius 1 is 1.25 bits per heavy atom. The normalized spacial score (nSPS) is 23.6. The lowest BCUT2D eigenvalue weighted by Crippen LogP contribution is -2.42. The second-order valence-corrected chi connectivity index (χ2v) is 6.81. The van der Waals surface area contributed by atoms with Crippen molar-refractivity contribution in [3.05, 3.63) is 54.1 Å². The summed E-state index contributed by atoms with van der Waals surface area (Å²) in [7, 11) is 0. The van der Waals surface area contributed by atoms with E-state index in [0.717, 1.165) is 31.9 Å². The topological polar surface area (TPSA) is 58.2 Å². The average Bonchev–Trinajstić information content (AvgIpc) is 3.12. The molecule has 2 aromatic rings. The van der Waals surface area contributed by atoms with Crippen molar-refractivity contribution in [1.82, 2.24) is 14.9 Å². The first-order valence-corrected chi connectivity index (χ1v) is 8.76. The highest BCUT2D eigenvalue weighted by Gasteiger charge is 2.39. The molecular weight excluding hydrogens is 302 g/mol. The zero-order valence-corrected chi connectivity index (χ0v) is 13.7. The maximum absolute atomic E-state index is 12.8. The Kier molecular flexibility index (Phi) is 4.34. The number of carbonyl (C=O) groups excluding carboxylic acids is 1. The number of hydrogen-bond donors (Lipinski definition) is 1. The molecule has 5 nitrogen and oxygen atoms in total. The van der Waals surface area contributed by atoms with Crippen molar-refractivity contribution in [3.8, 4) is 0 Å². The fourth-order valence-electron chi connectivity index (χ4n) is 3.44. The third kappa shape index (κ3) is 3.36. The summed E-state index contributed by atoms with van der Waals surface area (Å²) in [6.45, 7) is 1.59. The van der Waals surface area contributed by atoms with Crippen LogP contribution in [0.15, 0.2) is 42.9 Å². The van der Waals surface area contributed by atoms with Crippen molar-refractivity contribution in [1.29, 1.82) is 0 Å². The average molecular weight is 325 g/mol. The first-order chi connectivity index (χ1) is 11.8. The molecule has 1 saturated heterocycles. The van der Waals surface area contributed by atoms with Crippen molar-refractivity contribution >= 4 is 5.91 Å². The minimum Gasteiger partial charge on any atom is -0.376 e. The molecule has 126 valence electrons. The van der Waals surface area contributed by atoms with Gasteiger partial charge < -0.3 is 14.6 Å². The van der Waals surface area contributed by atoms with Crippen molar-refractivity contribution < 1.29 is 9.53 Å². The molecule has 1 saturated carbocycles. The first-order valence-electron chi connectivity index (χ1n) is 8.76. The summed E-state index contributed by atoms with van der Waals surface area (Å²) in [5.74, 6) is 0.802. The van der Waals surface area contributed by atoms with Crippen molar-refractivity contribution in [2.24, 2.45) is 5.92 Å². The van der Waals surface area contributed by atoms with E-state index in [0.29, 0.717) is 5.69 Å². The van der Waals surface area contributed by atoms with E-state index < -0.39 is 0 Å². The lowest BCUT2D eigenvalue weighted by Gasteiger charge is -2.28. The summed E-state index contributed by atoms with van der Waals surface area (Å²) in [6.07, 6.45) is 9.82. The van der Waals surface area contributed by atoms with Crippen molar-refractivity contribution in [2.45, 2.75) is 37.8 Å². The molecule has 2 aromatic heterocycles. The van der Waals surface area contributed by atoms with E-state index in [2.05, 4.69) is 9.97 Å². The largest absolute Gasteiger partial charge is 0.376 e. The van der Waals surface area contributed by atoms with Gasteiger partial charge in [0.1, 0.15) is 5.69 Å². The minimum absolute atomic E-state index is 0.0663. The molecule has 0 spiro atoms. The van der Waals surface area contributed by atoms with Gasteiger partial charge in [-0.15, -0.1) is 0 Å². The molecule has 1 aliphatic carbocycles. The highest BCUT2D eigenvalue weighted by Crippen LogP contribution is 2.32. The molecule has 0 unspecified atom stereocenters. The monoisotopic (exact) mass is 325 g/mol. The molecule has 24 heavy (non-hydrogen) atoms. The third-order valence-corrected chi connectivity index (χ3v) is 5.01. The number of pyridine rings is 1. The van der Waals surface area contributed by atoms with Crippen molar-refractivity contribution in [2.75, 3.05) is 13.2 Å². The quantitative estimate of drug-likeness (QED) is 0.888. The number of nitrogens with one attached hydrogen (secondary N) is 1. The molecule has 5 heteroatoms. The zero-order valence-electron chi connectivity index (χ0n) is 13.7. The molecule has 1 N–H and O–H groups in total. The van der Waals surface area contributed by atoms with Gasteiger partial charge in [-0.25, -0.2) is 0 Å². The number of amides is 1. The molecule has 1 aliphatic heterocycles. The highest BCUT2D eigenvalue weighted by molar-refractivity contribution is 5.92. The van der Waals surface area contributed by atoms with Crippen LogP contribution in [0.3, 0.4) is 0 Å². The van der Waals surface area contributed by atoms with Gasteiger partial charge in [0.05, 0.1) is 12.1 Å². The number of rotatable bonds is 6. The zero-order chi connectivity index (χ0) is 16.4. The van der Waals surface area contributed by atoms with Crippen LogP contribution in [-0.4, -0.2) is 46.1 Å². The Balaban J connectivity index is 1.51. The highest BCUT2D eigenvalue weighted by atomic mass is 16.5. The number of carbonyl (C=O) groups is 1. The number of likely N-dealkylation sites (tertiary alicyclic amines) is 1. The lowest BCUT2D eigenvalue weighted by atomic mass is 10.0. The maximum atomic E-state index is 12.8. The number of aromatic amines is 1. The standard InChI is InChI=1S/C19H23N3O2/c23-19(16-2-1-8-21-16)22-11-7-18(24-13-15-3-4-15)17(22)12-14-5-9-20-10-6-14/h1-2,5-6,8-10,15,17-18,21H,3-4,7,11-13H2/t17-,18+/m0/s1. The molecule has 1 amide bonds. The van der Waals surface area contributed by atoms with E-state index in [1.165, 1.54) is 18.4 Å². The summed E-state index contributed by atoms with van der Waals surface area (Å²) >= 11 is 0. The Morgan fingerprint density at radius 2 is 2.08 bits per heavy atom. The van der Waals surface area contributed by atoms with Gasteiger partial charge in [-0.1, -0.05) is 0 Å². The predicted octanol–water partition coefficient (Wildman–Crippen LogP) is 2.66. The van der Waals surface area contributed by atoms with Crippen LogP contribution in [0.1, 0.15) is 35.3 Å². The molecule has 3 heterocycles. The smallest absolute Gasteiger partial charge is 0.270 e. The van der Waals surface area contributed by atoms with Crippen LogP contribution in [0.2, 0.25) is 0 Å². The summed E-state index contributed by atoms with van der Waals surface area (Å²) in [4.78, 5) is 21.9. The fourth-order valence-corrected chi connectivity index (χ4v) is 3.44. The predicted molar refractivity (Wildman–Crippen MR) is 90.6 cm³/mol. The van der Waals surface area contributed by atoms with Crippen LogP contribution >= 0.6 is 0 Å². The summed E-state index contributed by atoms with van der Waals surface area (Å²) in [5.41, 5.74) is 1.85. The van der Waals surface area contributed by atoms with E-state index in [1.807, 2.05) is 41.6 Å². The molecule has 2 atom stereocenters. The van der Waals surface area contributed by atoms with Gasteiger partial charge in [0.25, 0.3) is 5.91 Å². The molecule has 0 aromatic carbocycles. The summed E-state index contributed by atoms with van der Waals surface area (Å²) < 4.78 is 6.19. The van der Waals surface area contributed by atoms with Crippen LogP contribution in [0.5, 0.6) is 0 Å². The van der Waals surface area contributed by atoms with Crippen LogP contribution in [0.4, 0.5) is 0 Å². The van der Waals surface area contributed by atoms with Gasteiger partial charge in [0.2, 0.25) is 0 Å². The van der Waals surface area contributed by atoms with E-state index in [-0.39, 0.29) is 18.1 Å². The third-order valence-electron chi connectivity index (χ3n) is 5.01. The fraction of sp³-hybridized carbons (Fsp3) is 0.474. The molecular formula is C19H23N3O2.